The minimum absolute atomic E-state index is 0.118. The van der Waals surface area contributed by atoms with Gasteiger partial charge in [-0.1, -0.05) is 58.2 Å². The summed E-state index contributed by atoms with van der Waals surface area (Å²) in [5.74, 6) is -0.868. The first-order valence-electron chi connectivity index (χ1n) is 10.2. The Bertz CT molecular complexity index is 1090. The maximum Gasteiger partial charge on any atom is 0.244 e. The Morgan fingerprint density at radius 1 is 1.12 bits per heavy atom. The van der Waals surface area contributed by atoms with Gasteiger partial charge in [-0.2, -0.15) is 0 Å². The number of nitrogens with zero attached hydrogens (tertiary/aromatic N) is 2. The van der Waals surface area contributed by atoms with Crippen LogP contribution in [0, 0.1) is 0 Å². The molecule has 2 amide bonds. The van der Waals surface area contributed by atoms with Gasteiger partial charge in [0.15, 0.2) is 0 Å². The molecule has 180 valence electrons. The molecule has 0 aromatic heterocycles. The lowest BCUT2D eigenvalue weighted by Crippen LogP contribution is -2.51. The van der Waals surface area contributed by atoms with Crippen molar-refractivity contribution in [2.24, 2.45) is 0 Å². The predicted octanol–water partition coefficient (Wildman–Crippen LogP) is 4.47. The van der Waals surface area contributed by atoms with E-state index in [0.717, 1.165) is 27.0 Å². The summed E-state index contributed by atoms with van der Waals surface area (Å²) in [6, 6.07) is 10.8. The van der Waals surface area contributed by atoms with E-state index in [4.69, 9.17) is 23.2 Å². The van der Waals surface area contributed by atoms with E-state index in [2.05, 4.69) is 21.2 Å². The first-order chi connectivity index (χ1) is 15.4. The third-order valence-corrected chi connectivity index (χ3v) is 6.84. The molecule has 0 radical (unpaired) electrons. The highest BCUT2D eigenvalue weighted by Crippen LogP contribution is 2.27. The molecule has 0 bridgehead atoms. The van der Waals surface area contributed by atoms with Crippen LogP contribution in [0.2, 0.25) is 10.0 Å². The van der Waals surface area contributed by atoms with Crippen LogP contribution in [0.15, 0.2) is 46.9 Å². The van der Waals surface area contributed by atoms with Gasteiger partial charge in [0.05, 0.1) is 11.9 Å². The largest absolute Gasteiger partial charge is 0.354 e. The lowest BCUT2D eigenvalue weighted by molar-refractivity contribution is -0.139. The van der Waals surface area contributed by atoms with Crippen molar-refractivity contribution >= 4 is 66.7 Å². The van der Waals surface area contributed by atoms with E-state index < -0.39 is 28.5 Å². The van der Waals surface area contributed by atoms with Gasteiger partial charge in [0.1, 0.15) is 12.6 Å². The van der Waals surface area contributed by atoms with E-state index >= 15 is 0 Å². The summed E-state index contributed by atoms with van der Waals surface area (Å²) >= 11 is 15.5. The van der Waals surface area contributed by atoms with Gasteiger partial charge < -0.3 is 10.2 Å². The average Bonchev–Trinajstić information content (AvgIpc) is 2.71. The number of anilines is 1. The molecule has 0 fully saturated rings. The van der Waals surface area contributed by atoms with Gasteiger partial charge in [-0.3, -0.25) is 13.9 Å². The zero-order chi connectivity index (χ0) is 24.8. The van der Waals surface area contributed by atoms with Crippen LogP contribution in [-0.2, 0) is 26.2 Å². The Morgan fingerprint density at radius 3 is 2.30 bits per heavy atom. The molecular formula is C22H26BrCl2N3O4S. The third kappa shape index (κ3) is 8.17. The van der Waals surface area contributed by atoms with Crippen LogP contribution in [0.25, 0.3) is 0 Å². The smallest absolute Gasteiger partial charge is 0.244 e. The van der Waals surface area contributed by atoms with Gasteiger partial charge in [0, 0.05) is 27.6 Å². The van der Waals surface area contributed by atoms with Crippen molar-refractivity contribution in [3.63, 3.8) is 0 Å². The van der Waals surface area contributed by atoms with Crippen molar-refractivity contribution < 1.29 is 18.0 Å². The molecule has 2 aromatic carbocycles. The van der Waals surface area contributed by atoms with Crippen LogP contribution >= 0.6 is 39.1 Å². The first-order valence-corrected chi connectivity index (χ1v) is 13.6. The molecule has 1 unspecified atom stereocenters. The highest BCUT2D eigenvalue weighted by atomic mass is 79.9. The summed E-state index contributed by atoms with van der Waals surface area (Å²) < 4.78 is 26.8. The van der Waals surface area contributed by atoms with Crippen molar-refractivity contribution in [2.45, 2.75) is 32.9 Å². The Kier molecular flexibility index (Phi) is 10.0. The summed E-state index contributed by atoms with van der Waals surface area (Å²) in [4.78, 5) is 27.4. The number of rotatable bonds is 10. The van der Waals surface area contributed by atoms with E-state index in [-0.39, 0.29) is 28.2 Å². The molecule has 0 heterocycles. The van der Waals surface area contributed by atoms with Crippen molar-refractivity contribution in [3.05, 3.63) is 62.5 Å². The van der Waals surface area contributed by atoms with E-state index in [1.54, 1.807) is 6.92 Å². The lowest BCUT2D eigenvalue weighted by Gasteiger charge is -2.31. The number of amides is 2. The summed E-state index contributed by atoms with van der Waals surface area (Å²) in [6.07, 6.45) is 1.74. The number of sulfonamides is 1. The number of nitrogens with one attached hydrogen (secondary N) is 1. The molecule has 0 saturated heterocycles. The average molecular weight is 579 g/mol. The van der Waals surface area contributed by atoms with Crippen molar-refractivity contribution in [1.82, 2.24) is 10.2 Å². The van der Waals surface area contributed by atoms with Crippen LogP contribution in [0.3, 0.4) is 0 Å². The fraction of sp³-hybridized carbons (Fsp3) is 0.364. The van der Waals surface area contributed by atoms with Crippen molar-refractivity contribution in [2.75, 3.05) is 23.7 Å². The molecule has 2 rings (SSSR count). The molecule has 11 heteroatoms. The van der Waals surface area contributed by atoms with Gasteiger partial charge >= 0.3 is 0 Å². The quantitative estimate of drug-likeness (QED) is 0.451. The Balaban J connectivity index is 2.40. The van der Waals surface area contributed by atoms with E-state index in [1.165, 1.54) is 23.1 Å². The second kappa shape index (κ2) is 12.1. The Morgan fingerprint density at radius 2 is 1.76 bits per heavy atom. The number of halogens is 3. The molecule has 2 aromatic rings. The molecule has 33 heavy (non-hydrogen) atoms. The Hall–Kier alpha value is -1.81. The number of carbonyl (C=O) groups is 2. The minimum atomic E-state index is -3.86. The highest BCUT2D eigenvalue weighted by Gasteiger charge is 2.30. The molecule has 1 atom stereocenters. The van der Waals surface area contributed by atoms with Gasteiger partial charge in [0.25, 0.3) is 0 Å². The summed E-state index contributed by atoms with van der Waals surface area (Å²) in [5.41, 5.74) is 0.943. The van der Waals surface area contributed by atoms with Crippen molar-refractivity contribution in [3.8, 4) is 0 Å². The van der Waals surface area contributed by atoms with E-state index in [9.17, 15) is 18.0 Å². The van der Waals surface area contributed by atoms with Gasteiger partial charge in [-0.25, -0.2) is 8.42 Å². The molecular weight excluding hydrogens is 553 g/mol. The first kappa shape index (κ1) is 27.4. The molecule has 0 aliphatic carbocycles. The standard InChI is InChI=1S/C22H26BrCl2N3O4S/c1-4-8-26-22(30)15(2)27(13-16-6-5-7-17(23)9-16)21(29)14-28(33(3,31)32)20-11-18(24)10-19(25)12-20/h5-7,9-12,15H,4,8,13-14H2,1-3H3,(H,26,30). The molecule has 7 nitrogen and oxygen atoms in total. The number of benzene rings is 2. The number of carbonyl (C=O) groups excluding carboxylic acids is 2. The maximum atomic E-state index is 13.4. The predicted molar refractivity (Wildman–Crippen MR) is 136 cm³/mol. The highest BCUT2D eigenvalue weighted by molar-refractivity contribution is 9.10. The molecule has 0 aliphatic heterocycles. The van der Waals surface area contributed by atoms with E-state index in [1.807, 2.05) is 31.2 Å². The monoisotopic (exact) mass is 577 g/mol. The lowest BCUT2D eigenvalue weighted by atomic mass is 10.1. The Labute approximate surface area is 213 Å². The third-order valence-electron chi connectivity index (χ3n) is 4.77. The van der Waals surface area contributed by atoms with E-state index in [0.29, 0.717) is 6.54 Å². The zero-order valence-electron chi connectivity index (χ0n) is 18.5. The fourth-order valence-corrected chi connectivity index (χ4v) is 4.90. The maximum absolute atomic E-state index is 13.4. The summed E-state index contributed by atoms with van der Waals surface area (Å²) in [5, 5.41) is 3.25. The minimum Gasteiger partial charge on any atom is -0.354 e. The van der Waals surface area contributed by atoms with Gasteiger partial charge in [-0.05, 0) is 49.2 Å². The zero-order valence-corrected chi connectivity index (χ0v) is 22.4. The molecule has 1 N–H and O–H groups in total. The van der Waals surface area contributed by atoms with Crippen LogP contribution in [0.4, 0.5) is 5.69 Å². The number of hydrogen-bond donors (Lipinski definition) is 1. The van der Waals surface area contributed by atoms with Crippen LogP contribution in [0.5, 0.6) is 0 Å². The van der Waals surface area contributed by atoms with Crippen LogP contribution < -0.4 is 9.62 Å². The number of hydrogen-bond acceptors (Lipinski definition) is 4. The summed E-state index contributed by atoms with van der Waals surface area (Å²) in [6.45, 7) is 3.61. The second-order valence-electron chi connectivity index (χ2n) is 7.52. The molecule has 0 spiro atoms. The normalized spacial score (nSPS) is 12.2. The van der Waals surface area contributed by atoms with Gasteiger partial charge in [-0.15, -0.1) is 0 Å². The van der Waals surface area contributed by atoms with Crippen LogP contribution in [-0.4, -0.2) is 50.5 Å². The molecule has 0 saturated carbocycles. The van der Waals surface area contributed by atoms with Crippen molar-refractivity contribution in [1.29, 1.82) is 0 Å². The van der Waals surface area contributed by atoms with Gasteiger partial charge in [0.2, 0.25) is 21.8 Å². The molecule has 0 aliphatic rings. The SMILES string of the molecule is CCCNC(=O)C(C)N(Cc1cccc(Br)c1)C(=O)CN(c1cc(Cl)cc(Cl)c1)S(C)(=O)=O. The van der Waals surface area contributed by atoms with Crippen LogP contribution in [0.1, 0.15) is 25.8 Å². The fourth-order valence-electron chi connectivity index (χ4n) is 3.11. The second-order valence-corrected chi connectivity index (χ2v) is 11.2. The topological polar surface area (TPSA) is 86.8 Å². The summed E-state index contributed by atoms with van der Waals surface area (Å²) in [7, 11) is -3.86.